The molecular formula is C13H16O3. The second-order valence-electron chi connectivity index (χ2n) is 3.92. The van der Waals surface area contributed by atoms with Crippen LogP contribution in [0.1, 0.15) is 12.5 Å². The molecule has 0 radical (unpaired) electrons. The van der Waals surface area contributed by atoms with E-state index in [0.29, 0.717) is 6.61 Å². The van der Waals surface area contributed by atoms with Crippen molar-refractivity contribution in [2.45, 2.75) is 31.8 Å². The van der Waals surface area contributed by atoms with Crippen LogP contribution >= 0.6 is 0 Å². The summed E-state index contributed by atoms with van der Waals surface area (Å²) in [6, 6.07) is 9.90. The molecule has 0 aromatic heterocycles. The number of aliphatic hydroxyl groups is 1. The lowest BCUT2D eigenvalue weighted by Crippen LogP contribution is -2.40. The van der Waals surface area contributed by atoms with Gasteiger partial charge in [0.15, 0.2) is 0 Å². The molecule has 3 nitrogen and oxygen atoms in total. The molecule has 1 aromatic carbocycles. The zero-order valence-electron chi connectivity index (χ0n) is 9.24. The Kier molecular flexibility index (Phi) is 3.59. The first kappa shape index (κ1) is 11.2. The summed E-state index contributed by atoms with van der Waals surface area (Å²) in [6.45, 7) is 2.38. The number of ether oxygens (including phenoxy) is 2. The highest BCUT2D eigenvalue weighted by molar-refractivity contribution is 5.13. The Labute approximate surface area is 95.3 Å². The molecule has 1 aliphatic rings. The van der Waals surface area contributed by atoms with Gasteiger partial charge >= 0.3 is 0 Å². The van der Waals surface area contributed by atoms with Crippen LogP contribution in [0.3, 0.4) is 0 Å². The average molecular weight is 220 g/mol. The van der Waals surface area contributed by atoms with Gasteiger partial charge in [-0.05, 0) is 18.6 Å². The summed E-state index contributed by atoms with van der Waals surface area (Å²) in [5, 5.41) is 9.73. The molecular weight excluding hydrogens is 204 g/mol. The third-order valence-corrected chi connectivity index (χ3v) is 2.65. The lowest BCUT2D eigenvalue weighted by atomic mass is 10.1. The van der Waals surface area contributed by atoms with Crippen LogP contribution in [0.5, 0.6) is 0 Å². The smallest absolute Gasteiger partial charge is 0.124 e. The van der Waals surface area contributed by atoms with Gasteiger partial charge in [0.05, 0.1) is 12.9 Å². The van der Waals surface area contributed by atoms with Gasteiger partial charge in [-0.2, -0.15) is 0 Å². The molecule has 1 aromatic rings. The molecule has 1 heterocycles. The quantitative estimate of drug-likeness (QED) is 0.845. The molecule has 0 amide bonds. The van der Waals surface area contributed by atoms with Gasteiger partial charge in [-0.3, -0.25) is 0 Å². The van der Waals surface area contributed by atoms with Crippen LogP contribution in [0, 0.1) is 0 Å². The Morgan fingerprint density at radius 3 is 2.75 bits per heavy atom. The van der Waals surface area contributed by atoms with Gasteiger partial charge in [0.2, 0.25) is 0 Å². The summed E-state index contributed by atoms with van der Waals surface area (Å²) in [6.07, 6.45) is 2.12. The van der Waals surface area contributed by atoms with E-state index in [-0.39, 0.29) is 12.2 Å². The lowest BCUT2D eigenvalue weighted by molar-refractivity contribution is -0.102. The minimum absolute atomic E-state index is 0.122. The number of benzene rings is 1. The molecule has 3 unspecified atom stereocenters. The zero-order valence-corrected chi connectivity index (χ0v) is 9.24. The molecule has 2 rings (SSSR count). The first-order valence-corrected chi connectivity index (χ1v) is 5.43. The molecule has 86 valence electrons. The van der Waals surface area contributed by atoms with E-state index in [1.807, 2.05) is 37.3 Å². The third kappa shape index (κ3) is 2.62. The molecule has 1 N–H and O–H groups in total. The fraction of sp³-hybridized carbons (Fsp3) is 0.385. The minimum Gasteiger partial charge on any atom is -0.496 e. The maximum Gasteiger partial charge on any atom is 0.124 e. The summed E-state index contributed by atoms with van der Waals surface area (Å²) in [5.41, 5.74) is 1.09. The van der Waals surface area contributed by atoms with Crippen LogP contribution in [0.15, 0.2) is 42.7 Å². The Balaban J connectivity index is 1.92. The Morgan fingerprint density at radius 1 is 1.31 bits per heavy atom. The lowest BCUT2D eigenvalue weighted by Gasteiger charge is -2.29. The fourth-order valence-electron chi connectivity index (χ4n) is 1.72. The fourth-order valence-corrected chi connectivity index (χ4v) is 1.72. The maximum absolute atomic E-state index is 9.73. The summed E-state index contributed by atoms with van der Waals surface area (Å²) in [4.78, 5) is 0. The van der Waals surface area contributed by atoms with Crippen LogP contribution < -0.4 is 0 Å². The number of hydrogen-bond acceptors (Lipinski definition) is 3. The van der Waals surface area contributed by atoms with E-state index in [9.17, 15) is 5.11 Å². The van der Waals surface area contributed by atoms with E-state index in [1.165, 1.54) is 6.26 Å². The van der Waals surface area contributed by atoms with Crippen molar-refractivity contribution in [3.63, 3.8) is 0 Å². The molecule has 1 aliphatic heterocycles. The van der Waals surface area contributed by atoms with Crippen molar-refractivity contribution >= 4 is 0 Å². The molecule has 16 heavy (non-hydrogen) atoms. The Hall–Kier alpha value is -1.32. The van der Waals surface area contributed by atoms with Crippen LogP contribution in [0.25, 0.3) is 0 Å². The largest absolute Gasteiger partial charge is 0.496 e. The number of rotatable bonds is 3. The van der Waals surface area contributed by atoms with Crippen LogP contribution in [-0.2, 0) is 16.1 Å². The molecule has 0 spiro atoms. The van der Waals surface area contributed by atoms with E-state index in [2.05, 4.69) is 0 Å². The highest BCUT2D eigenvalue weighted by Crippen LogP contribution is 2.17. The van der Waals surface area contributed by atoms with E-state index in [1.54, 1.807) is 6.08 Å². The van der Waals surface area contributed by atoms with Gasteiger partial charge in [-0.25, -0.2) is 0 Å². The monoisotopic (exact) mass is 220 g/mol. The van der Waals surface area contributed by atoms with Crippen molar-refractivity contribution in [1.82, 2.24) is 0 Å². The van der Waals surface area contributed by atoms with Gasteiger partial charge in [-0.15, -0.1) is 0 Å². The van der Waals surface area contributed by atoms with Crippen LogP contribution in [0.2, 0.25) is 0 Å². The molecule has 3 atom stereocenters. The van der Waals surface area contributed by atoms with Crippen molar-refractivity contribution < 1.29 is 14.6 Å². The first-order chi connectivity index (χ1) is 7.77. The molecule has 0 saturated heterocycles. The van der Waals surface area contributed by atoms with E-state index >= 15 is 0 Å². The summed E-state index contributed by atoms with van der Waals surface area (Å²) < 4.78 is 11.0. The SMILES string of the molecule is CC1OC=CC(O)C1OCc1ccccc1. The Bertz CT molecular complexity index is 347. The predicted octanol–water partition coefficient (Wildman–Crippen LogP) is 1.87. The average Bonchev–Trinajstić information content (AvgIpc) is 2.30. The van der Waals surface area contributed by atoms with Gasteiger partial charge < -0.3 is 14.6 Å². The Morgan fingerprint density at radius 2 is 2.06 bits per heavy atom. The second kappa shape index (κ2) is 5.14. The first-order valence-electron chi connectivity index (χ1n) is 5.43. The van der Waals surface area contributed by atoms with Crippen molar-refractivity contribution in [3.05, 3.63) is 48.2 Å². The van der Waals surface area contributed by atoms with Crippen molar-refractivity contribution in [3.8, 4) is 0 Å². The minimum atomic E-state index is -0.590. The van der Waals surface area contributed by atoms with Crippen molar-refractivity contribution in [1.29, 1.82) is 0 Å². The van der Waals surface area contributed by atoms with Gasteiger partial charge in [0.25, 0.3) is 0 Å². The summed E-state index contributed by atoms with van der Waals surface area (Å²) in [5.74, 6) is 0. The van der Waals surface area contributed by atoms with E-state index in [4.69, 9.17) is 9.47 Å². The third-order valence-electron chi connectivity index (χ3n) is 2.65. The van der Waals surface area contributed by atoms with Gasteiger partial charge in [0, 0.05) is 0 Å². The van der Waals surface area contributed by atoms with Crippen molar-refractivity contribution in [2.75, 3.05) is 0 Å². The maximum atomic E-state index is 9.73. The molecule has 0 saturated carbocycles. The summed E-state index contributed by atoms with van der Waals surface area (Å²) >= 11 is 0. The molecule has 0 aliphatic carbocycles. The molecule has 0 fully saturated rings. The highest BCUT2D eigenvalue weighted by atomic mass is 16.5. The van der Waals surface area contributed by atoms with Crippen molar-refractivity contribution in [2.24, 2.45) is 0 Å². The molecule has 0 bridgehead atoms. The van der Waals surface area contributed by atoms with Gasteiger partial charge in [0.1, 0.15) is 18.3 Å². The topological polar surface area (TPSA) is 38.7 Å². The van der Waals surface area contributed by atoms with Crippen LogP contribution in [-0.4, -0.2) is 23.4 Å². The zero-order chi connectivity index (χ0) is 11.4. The summed E-state index contributed by atoms with van der Waals surface area (Å²) in [7, 11) is 0. The second-order valence-corrected chi connectivity index (χ2v) is 3.92. The standard InChI is InChI=1S/C13H16O3/c1-10-13(12(14)7-8-15-10)16-9-11-5-3-2-4-6-11/h2-8,10,12-14H,9H2,1H3. The van der Waals surface area contributed by atoms with Gasteiger partial charge in [-0.1, -0.05) is 30.3 Å². The predicted molar refractivity (Wildman–Crippen MR) is 60.7 cm³/mol. The van der Waals surface area contributed by atoms with Crippen LogP contribution in [0.4, 0.5) is 0 Å². The normalized spacial score (nSPS) is 28.8. The van der Waals surface area contributed by atoms with E-state index in [0.717, 1.165) is 5.56 Å². The number of aliphatic hydroxyl groups excluding tert-OH is 1. The van der Waals surface area contributed by atoms with E-state index < -0.39 is 6.10 Å². The molecule has 3 heteroatoms. The number of hydrogen-bond donors (Lipinski definition) is 1. The highest BCUT2D eigenvalue weighted by Gasteiger charge is 2.28.